The van der Waals surface area contributed by atoms with Crippen molar-refractivity contribution in [3.8, 4) is 11.4 Å². The number of aromatic nitrogens is 4. The van der Waals surface area contributed by atoms with E-state index in [1.165, 1.54) is 34.9 Å². The van der Waals surface area contributed by atoms with E-state index < -0.39 is 7.26 Å². The van der Waals surface area contributed by atoms with E-state index in [4.69, 9.17) is 0 Å². The van der Waals surface area contributed by atoms with Gasteiger partial charge in [-0.3, -0.25) is 0 Å². The smallest absolute Gasteiger partial charge is 0.179 e. The van der Waals surface area contributed by atoms with Crippen LogP contribution in [0.3, 0.4) is 0 Å². The van der Waals surface area contributed by atoms with Crippen LogP contribution in [-0.2, 0) is 0 Å². The number of hydrogen-bond donors (Lipinski definition) is 1. The van der Waals surface area contributed by atoms with Gasteiger partial charge in [-0.1, -0.05) is 49.7 Å². The van der Waals surface area contributed by atoms with Gasteiger partial charge >= 0.3 is 0 Å². The molecule has 0 fully saturated rings. The first-order chi connectivity index (χ1) is 13.8. The Morgan fingerprint density at radius 1 is 0.759 bits per heavy atom. The normalized spacial score (nSPS) is 11.1. The summed E-state index contributed by atoms with van der Waals surface area (Å²) < 4.78 is 0. The van der Waals surface area contributed by atoms with E-state index in [0.29, 0.717) is 5.82 Å². The van der Waals surface area contributed by atoms with Crippen molar-refractivity contribution in [2.24, 2.45) is 0 Å². The first-order valence-corrected chi connectivity index (χ1v) is 11.7. The fourth-order valence-electron chi connectivity index (χ4n) is 3.75. The predicted molar refractivity (Wildman–Crippen MR) is 118 cm³/mol. The Balaban J connectivity index is 0.00000240. The van der Waals surface area contributed by atoms with Crippen molar-refractivity contribution in [2.45, 2.75) is 19.8 Å². The van der Waals surface area contributed by atoms with Crippen LogP contribution >= 0.6 is 7.26 Å². The Kier molecular flexibility index (Phi) is 7.29. The molecule has 1 N–H and O–H groups in total. The Bertz CT molecular complexity index is 951. The molecule has 0 saturated heterocycles. The molecular formula is C23H24BrN4P. The van der Waals surface area contributed by atoms with Crippen molar-refractivity contribution in [3.05, 3.63) is 84.9 Å². The molecule has 0 bridgehead atoms. The van der Waals surface area contributed by atoms with Crippen LogP contribution in [0.2, 0.25) is 0 Å². The second kappa shape index (κ2) is 9.91. The topological polar surface area (TPSA) is 54.5 Å². The second-order valence-electron chi connectivity index (χ2n) is 6.85. The van der Waals surface area contributed by atoms with E-state index in [1.54, 1.807) is 0 Å². The molecule has 1 heterocycles. The van der Waals surface area contributed by atoms with Crippen LogP contribution in [0.1, 0.15) is 19.8 Å². The van der Waals surface area contributed by atoms with Gasteiger partial charge in [0.15, 0.2) is 5.82 Å². The predicted octanol–water partition coefficient (Wildman–Crippen LogP) is 0.965. The number of benzene rings is 3. The molecule has 4 rings (SSSR count). The highest BCUT2D eigenvalue weighted by Crippen LogP contribution is 2.56. The average Bonchev–Trinajstić information content (AvgIpc) is 3.31. The number of H-pyrrole nitrogens is 1. The van der Waals surface area contributed by atoms with Gasteiger partial charge in [0.05, 0.1) is 6.16 Å². The highest BCUT2D eigenvalue weighted by molar-refractivity contribution is 7.95. The second-order valence-corrected chi connectivity index (χ2v) is 10.5. The van der Waals surface area contributed by atoms with Gasteiger partial charge in [0.1, 0.15) is 23.2 Å². The summed E-state index contributed by atoms with van der Waals surface area (Å²) in [6, 6.07) is 30.8. The highest BCUT2D eigenvalue weighted by Gasteiger charge is 2.44. The minimum absolute atomic E-state index is 0. The summed E-state index contributed by atoms with van der Waals surface area (Å²) in [7, 11) is -1.73. The molecule has 148 valence electrons. The molecule has 0 unspecified atom stereocenters. The monoisotopic (exact) mass is 466 g/mol. The summed E-state index contributed by atoms with van der Waals surface area (Å²) >= 11 is 0. The lowest BCUT2D eigenvalue weighted by Crippen LogP contribution is -3.00. The molecule has 0 radical (unpaired) electrons. The SMILES string of the molecule is CCCC[P+](c1ccccc1)(c1ccccc1)c1ccc(-c2nnn[nH]2)cc1.[Br-]. The molecular weight excluding hydrogens is 443 g/mol. The number of tetrazole rings is 1. The molecule has 4 nitrogen and oxygen atoms in total. The third-order valence-corrected chi connectivity index (χ3v) is 9.69. The molecule has 0 saturated carbocycles. The Hall–Kier alpha value is -2.36. The van der Waals surface area contributed by atoms with Crippen molar-refractivity contribution < 1.29 is 17.0 Å². The molecule has 0 spiro atoms. The summed E-state index contributed by atoms with van der Waals surface area (Å²) in [6.45, 7) is 2.27. The van der Waals surface area contributed by atoms with Crippen LogP contribution in [0, 0.1) is 0 Å². The third kappa shape index (κ3) is 4.31. The first-order valence-electron chi connectivity index (χ1n) is 9.68. The summed E-state index contributed by atoms with van der Waals surface area (Å²) in [5.74, 6) is 0.698. The number of unbranched alkanes of at least 4 members (excludes halogenated alkanes) is 1. The Labute approximate surface area is 182 Å². The number of nitrogens with one attached hydrogen (secondary N) is 1. The van der Waals surface area contributed by atoms with Crippen LogP contribution in [-0.4, -0.2) is 26.8 Å². The largest absolute Gasteiger partial charge is 1.00 e. The molecule has 6 heteroatoms. The van der Waals surface area contributed by atoms with E-state index in [0.717, 1.165) is 5.56 Å². The molecule has 0 aliphatic carbocycles. The molecule has 3 aromatic carbocycles. The quantitative estimate of drug-likeness (QED) is 0.413. The first kappa shape index (κ1) is 21.4. The zero-order valence-electron chi connectivity index (χ0n) is 16.4. The van der Waals surface area contributed by atoms with Gasteiger partial charge in [-0.2, -0.15) is 0 Å². The molecule has 0 aliphatic rings. The lowest BCUT2D eigenvalue weighted by Gasteiger charge is -2.27. The molecule has 1 aromatic heterocycles. The van der Waals surface area contributed by atoms with Gasteiger partial charge in [0.25, 0.3) is 0 Å². The number of nitrogens with zero attached hydrogens (tertiary/aromatic N) is 3. The van der Waals surface area contributed by atoms with Crippen LogP contribution in [0.15, 0.2) is 84.9 Å². The van der Waals surface area contributed by atoms with Crippen molar-refractivity contribution in [1.29, 1.82) is 0 Å². The molecule has 0 aliphatic heterocycles. The van der Waals surface area contributed by atoms with Crippen LogP contribution in [0.4, 0.5) is 0 Å². The maximum Gasteiger partial charge on any atom is 0.179 e. The summed E-state index contributed by atoms with van der Waals surface area (Å²) in [5, 5.41) is 18.5. The van der Waals surface area contributed by atoms with Crippen LogP contribution < -0.4 is 32.9 Å². The average molecular weight is 467 g/mol. The standard InChI is InChI=1S/C23H24N4P.BrH/c1-2-3-18-28(20-10-6-4-7-11-20,21-12-8-5-9-13-21)22-16-14-19(15-17-22)23-24-26-27-25-23;/h4-17H,2-3,18H2,1H3,(H,24,25,26,27);1H/q+1;/p-1. The van der Waals surface area contributed by atoms with Gasteiger partial charge in [-0.25, -0.2) is 5.10 Å². The van der Waals surface area contributed by atoms with E-state index in [-0.39, 0.29) is 17.0 Å². The van der Waals surface area contributed by atoms with Gasteiger partial charge in [0, 0.05) is 5.56 Å². The zero-order chi connectivity index (χ0) is 19.2. The molecule has 29 heavy (non-hydrogen) atoms. The van der Waals surface area contributed by atoms with Crippen LogP contribution in [0.5, 0.6) is 0 Å². The lowest BCUT2D eigenvalue weighted by molar-refractivity contribution is -0.00000573. The zero-order valence-corrected chi connectivity index (χ0v) is 18.9. The van der Waals surface area contributed by atoms with Gasteiger partial charge < -0.3 is 17.0 Å². The van der Waals surface area contributed by atoms with Gasteiger partial charge in [-0.05, 0) is 65.4 Å². The number of hydrogen-bond acceptors (Lipinski definition) is 3. The van der Waals surface area contributed by atoms with E-state index in [1.807, 2.05) is 0 Å². The minimum atomic E-state index is -1.73. The Morgan fingerprint density at radius 2 is 1.31 bits per heavy atom. The van der Waals surface area contributed by atoms with E-state index in [9.17, 15) is 0 Å². The lowest BCUT2D eigenvalue weighted by atomic mass is 10.2. The van der Waals surface area contributed by atoms with E-state index >= 15 is 0 Å². The molecule has 4 aromatic rings. The van der Waals surface area contributed by atoms with E-state index in [2.05, 4.69) is 112 Å². The number of aromatic amines is 1. The maximum absolute atomic E-state index is 4.04. The number of rotatable bonds is 7. The van der Waals surface area contributed by atoms with Gasteiger partial charge in [-0.15, -0.1) is 5.10 Å². The van der Waals surface area contributed by atoms with Gasteiger partial charge in [0.2, 0.25) is 0 Å². The van der Waals surface area contributed by atoms with Crippen molar-refractivity contribution in [2.75, 3.05) is 6.16 Å². The van der Waals surface area contributed by atoms with Crippen molar-refractivity contribution in [3.63, 3.8) is 0 Å². The summed E-state index contributed by atoms with van der Waals surface area (Å²) in [5.41, 5.74) is 1.00. The molecule has 0 atom stereocenters. The summed E-state index contributed by atoms with van der Waals surface area (Å²) in [6.07, 6.45) is 3.55. The maximum atomic E-state index is 4.04. The van der Waals surface area contributed by atoms with Crippen LogP contribution in [0.25, 0.3) is 11.4 Å². The Morgan fingerprint density at radius 3 is 1.79 bits per heavy atom. The van der Waals surface area contributed by atoms with Crippen molar-refractivity contribution >= 4 is 23.2 Å². The number of halogens is 1. The summed E-state index contributed by atoms with van der Waals surface area (Å²) in [4.78, 5) is 0. The highest BCUT2D eigenvalue weighted by atomic mass is 79.9. The van der Waals surface area contributed by atoms with Crippen molar-refractivity contribution in [1.82, 2.24) is 20.6 Å². The molecule has 0 amide bonds. The third-order valence-electron chi connectivity index (χ3n) is 5.17. The fourth-order valence-corrected chi connectivity index (χ4v) is 8.23. The fraction of sp³-hybridized carbons (Fsp3) is 0.174. The minimum Gasteiger partial charge on any atom is -1.00 e.